The van der Waals surface area contributed by atoms with Crippen molar-refractivity contribution in [2.24, 2.45) is 0 Å². The number of nitrogens with zero attached hydrogens (tertiary/aromatic N) is 1. The minimum Gasteiger partial charge on any atom is -0.497 e. The van der Waals surface area contributed by atoms with Crippen molar-refractivity contribution in [3.63, 3.8) is 0 Å². The topological polar surface area (TPSA) is 58.6 Å². The fourth-order valence-corrected chi connectivity index (χ4v) is 3.53. The van der Waals surface area contributed by atoms with E-state index in [1.54, 1.807) is 37.5 Å². The van der Waals surface area contributed by atoms with E-state index in [1.165, 1.54) is 0 Å². The molecule has 0 atom stereocenters. The molecular formula is C19H16N2O3S2. The highest BCUT2D eigenvalue weighted by atomic mass is 32.2. The van der Waals surface area contributed by atoms with E-state index in [-0.39, 0.29) is 10.2 Å². The number of methoxy groups -OCH3 is 1. The van der Waals surface area contributed by atoms with Gasteiger partial charge in [-0.3, -0.25) is 15.0 Å². The highest BCUT2D eigenvalue weighted by Gasteiger charge is 2.33. The van der Waals surface area contributed by atoms with Gasteiger partial charge in [-0.1, -0.05) is 36.0 Å². The lowest BCUT2D eigenvalue weighted by atomic mass is 10.1. The normalized spacial score (nSPS) is 15.5. The van der Waals surface area contributed by atoms with Gasteiger partial charge < -0.3 is 4.74 Å². The van der Waals surface area contributed by atoms with Crippen LogP contribution in [0.5, 0.6) is 5.75 Å². The van der Waals surface area contributed by atoms with Crippen LogP contribution < -0.4 is 10.2 Å². The van der Waals surface area contributed by atoms with Crippen molar-refractivity contribution >= 4 is 46.2 Å². The summed E-state index contributed by atoms with van der Waals surface area (Å²) < 4.78 is 5.36. The van der Waals surface area contributed by atoms with Crippen molar-refractivity contribution < 1.29 is 14.3 Å². The molecule has 1 saturated heterocycles. The molecule has 2 aromatic rings. The van der Waals surface area contributed by atoms with E-state index in [0.717, 1.165) is 27.9 Å². The van der Waals surface area contributed by atoms with Crippen LogP contribution in [0, 0.1) is 6.92 Å². The average Bonchev–Trinajstić information content (AvgIpc) is 2.91. The number of nitrogens with one attached hydrogen (secondary N) is 1. The van der Waals surface area contributed by atoms with E-state index < -0.39 is 5.91 Å². The standard InChI is InChI=1S/C19H16N2O3S2/c1-12-5-3-4-6-14(12)11-16-18(23)21(19(25)26-16)20-17(22)13-7-9-15(24-2)10-8-13/h3-11H,1-2H3,(H,20,22). The molecule has 3 rings (SSSR count). The molecule has 0 saturated carbocycles. The van der Waals surface area contributed by atoms with Gasteiger partial charge in [0, 0.05) is 5.56 Å². The maximum absolute atomic E-state index is 12.6. The summed E-state index contributed by atoms with van der Waals surface area (Å²) in [6.45, 7) is 1.97. The van der Waals surface area contributed by atoms with Crippen LogP contribution in [0.15, 0.2) is 53.4 Å². The molecule has 1 heterocycles. The summed E-state index contributed by atoms with van der Waals surface area (Å²) in [5.74, 6) is -0.112. The van der Waals surface area contributed by atoms with Crippen molar-refractivity contribution in [2.75, 3.05) is 7.11 Å². The van der Waals surface area contributed by atoms with E-state index >= 15 is 0 Å². The van der Waals surface area contributed by atoms with Gasteiger partial charge in [0.2, 0.25) is 0 Å². The van der Waals surface area contributed by atoms with Crippen LogP contribution >= 0.6 is 24.0 Å². The first-order chi connectivity index (χ1) is 12.5. The number of ether oxygens (including phenoxy) is 1. The van der Waals surface area contributed by atoms with E-state index in [4.69, 9.17) is 17.0 Å². The molecular weight excluding hydrogens is 368 g/mol. The van der Waals surface area contributed by atoms with Gasteiger partial charge in [-0.05, 0) is 60.6 Å². The molecule has 1 aliphatic heterocycles. The molecule has 0 unspecified atom stereocenters. The van der Waals surface area contributed by atoms with Gasteiger partial charge >= 0.3 is 0 Å². The SMILES string of the molecule is COc1ccc(C(=O)NN2C(=O)C(=Cc3ccccc3C)SC2=S)cc1. The first-order valence-corrected chi connectivity index (χ1v) is 9.00. The number of carbonyl (C=O) groups excluding carboxylic acids is 2. The van der Waals surface area contributed by atoms with Gasteiger partial charge in [0.1, 0.15) is 5.75 Å². The van der Waals surface area contributed by atoms with E-state index in [2.05, 4.69) is 5.43 Å². The van der Waals surface area contributed by atoms with Crippen LogP contribution in [-0.4, -0.2) is 28.3 Å². The maximum atomic E-state index is 12.6. The Bertz CT molecular complexity index is 907. The molecule has 0 aliphatic carbocycles. The zero-order chi connectivity index (χ0) is 18.7. The molecule has 132 valence electrons. The Kier molecular flexibility index (Phi) is 5.39. The van der Waals surface area contributed by atoms with Crippen molar-refractivity contribution in [1.29, 1.82) is 0 Å². The smallest absolute Gasteiger partial charge is 0.285 e. The Morgan fingerprint density at radius 3 is 2.54 bits per heavy atom. The van der Waals surface area contributed by atoms with Crippen molar-refractivity contribution in [2.45, 2.75) is 6.92 Å². The highest BCUT2D eigenvalue weighted by Crippen LogP contribution is 2.32. The number of thiocarbonyl (C=S) groups is 1. The molecule has 1 aliphatic rings. The lowest BCUT2D eigenvalue weighted by Crippen LogP contribution is -2.44. The lowest BCUT2D eigenvalue weighted by Gasteiger charge is -2.15. The summed E-state index contributed by atoms with van der Waals surface area (Å²) in [7, 11) is 1.55. The minimum atomic E-state index is -0.416. The Balaban J connectivity index is 1.76. The fraction of sp³-hybridized carbons (Fsp3) is 0.105. The van der Waals surface area contributed by atoms with E-state index in [9.17, 15) is 9.59 Å². The van der Waals surface area contributed by atoms with Gasteiger partial charge in [0.05, 0.1) is 12.0 Å². The molecule has 1 N–H and O–H groups in total. The van der Waals surface area contributed by atoms with Gasteiger partial charge in [-0.25, -0.2) is 0 Å². The van der Waals surface area contributed by atoms with Crippen molar-refractivity contribution in [1.82, 2.24) is 10.4 Å². The summed E-state index contributed by atoms with van der Waals surface area (Å²) in [5.41, 5.74) is 4.96. The fourth-order valence-electron chi connectivity index (χ4n) is 2.36. The van der Waals surface area contributed by atoms with Gasteiger partial charge in [0.25, 0.3) is 11.8 Å². The second-order valence-electron chi connectivity index (χ2n) is 5.54. The summed E-state index contributed by atoms with van der Waals surface area (Å²) in [6.07, 6.45) is 1.79. The predicted molar refractivity (Wildman–Crippen MR) is 107 cm³/mol. The number of rotatable bonds is 4. The minimum absolute atomic E-state index is 0.289. The number of benzene rings is 2. The summed E-state index contributed by atoms with van der Waals surface area (Å²) in [5, 5.41) is 1.11. The second kappa shape index (κ2) is 7.72. The predicted octanol–water partition coefficient (Wildman–Crippen LogP) is 3.55. The molecule has 0 spiro atoms. The van der Waals surface area contributed by atoms with Crippen LogP contribution in [0.3, 0.4) is 0 Å². The number of hydrogen-bond acceptors (Lipinski definition) is 5. The summed E-state index contributed by atoms with van der Waals surface area (Å²) >= 11 is 6.41. The first-order valence-electron chi connectivity index (χ1n) is 7.78. The zero-order valence-electron chi connectivity index (χ0n) is 14.2. The molecule has 5 nitrogen and oxygen atoms in total. The van der Waals surface area contributed by atoms with Crippen molar-refractivity contribution in [3.05, 3.63) is 70.1 Å². The molecule has 26 heavy (non-hydrogen) atoms. The Morgan fingerprint density at radius 2 is 1.88 bits per heavy atom. The van der Waals surface area contributed by atoms with E-state index in [1.807, 2.05) is 31.2 Å². The van der Waals surface area contributed by atoms with Gasteiger partial charge in [0.15, 0.2) is 4.32 Å². The third-order valence-electron chi connectivity index (χ3n) is 3.83. The molecule has 0 radical (unpaired) electrons. The van der Waals surface area contributed by atoms with Crippen LogP contribution in [0.1, 0.15) is 21.5 Å². The van der Waals surface area contributed by atoms with Crippen LogP contribution in [0.2, 0.25) is 0 Å². The largest absolute Gasteiger partial charge is 0.497 e. The maximum Gasteiger partial charge on any atom is 0.285 e. The van der Waals surface area contributed by atoms with Crippen molar-refractivity contribution in [3.8, 4) is 5.75 Å². The van der Waals surface area contributed by atoms with E-state index in [0.29, 0.717) is 16.2 Å². The van der Waals surface area contributed by atoms with Crippen LogP contribution in [0.25, 0.3) is 6.08 Å². The Hall–Kier alpha value is -2.64. The number of amides is 2. The number of carbonyl (C=O) groups is 2. The second-order valence-corrected chi connectivity index (χ2v) is 7.22. The third kappa shape index (κ3) is 3.79. The Morgan fingerprint density at radius 1 is 1.19 bits per heavy atom. The number of hydrogen-bond donors (Lipinski definition) is 1. The average molecular weight is 384 g/mol. The lowest BCUT2D eigenvalue weighted by molar-refractivity contribution is -0.123. The van der Waals surface area contributed by atoms with Gasteiger partial charge in [-0.15, -0.1) is 0 Å². The molecule has 0 bridgehead atoms. The summed E-state index contributed by atoms with van der Waals surface area (Å²) in [6, 6.07) is 14.3. The zero-order valence-corrected chi connectivity index (χ0v) is 15.8. The first kappa shape index (κ1) is 18.2. The Labute approximate surface area is 161 Å². The molecule has 1 fully saturated rings. The highest BCUT2D eigenvalue weighted by molar-refractivity contribution is 8.26. The molecule has 2 amide bonds. The number of hydrazine groups is 1. The molecule has 0 aromatic heterocycles. The number of thioether (sulfide) groups is 1. The molecule has 2 aromatic carbocycles. The molecule has 7 heteroatoms. The third-order valence-corrected chi connectivity index (χ3v) is 5.14. The summed E-state index contributed by atoms with van der Waals surface area (Å²) in [4.78, 5) is 25.5. The van der Waals surface area contributed by atoms with Crippen LogP contribution in [-0.2, 0) is 4.79 Å². The number of aryl methyl sites for hydroxylation is 1. The quantitative estimate of drug-likeness (QED) is 0.645. The van der Waals surface area contributed by atoms with Gasteiger partial charge in [-0.2, -0.15) is 5.01 Å². The monoisotopic (exact) mass is 384 g/mol. The van der Waals surface area contributed by atoms with Crippen LogP contribution in [0.4, 0.5) is 0 Å².